The van der Waals surface area contributed by atoms with Gasteiger partial charge in [0.05, 0.1) is 14.2 Å². The number of hydrogen-bond acceptors (Lipinski definition) is 2. The van der Waals surface area contributed by atoms with Crippen LogP contribution in [-0.2, 0) is 4.79 Å². The highest BCUT2D eigenvalue weighted by molar-refractivity contribution is 6.87. The zero-order chi connectivity index (χ0) is 13.8. The second-order valence-electron chi connectivity index (χ2n) is 6.51. The van der Waals surface area contributed by atoms with Crippen LogP contribution in [0, 0.1) is 0 Å². The van der Waals surface area contributed by atoms with E-state index in [1.54, 1.807) is 0 Å². The summed E-state index contributed by atoms with van der Waals surface area (Å²) in [6.45, 7) is 8.87. The molecule has 0 aromatic carbocycles. The van der Waals surface area contributed by atoms with Crippen LogP contribution in [0.2, 0.25) is 19.6 Å². The van der Waals surface area contributed by atoms with Crippen LogP contribution < -0.4 is 0 Å². The zero-order valence-corrected chi connectivity index (χ0v) is 13.4. The highest BCUT2D eigenvalue weighted by Crippen LogP contribution is 2.33. The average Bonchev–Trinajstić information content (AvgIpc) is 2.59. The summed E-state index contributed by atoms with van der Waals surface area (Å²) >= 11 is 0. The molecule has 1 unspecified atom stereocenters. The number of ketones is 1. The van der Waals surface area contributed by atoms with Gasteiger partial charge in [0.15, 0.2) is 5.78 Å². The lowest BCUT2D eigenvalue weighted by atomic mass is 10.0. The van der Waals surface area contributed by atoms with Gasteiger partial charge in [-0.15, -0.1) is 0 Å². The van der Waals surface area contributed by atoms with Crippen LogP contribution >= 0.6 is 0 Å². The topological polar surface area (TPSA) is 37.3 Å². The molecule has 0 saturated heterocycles. The summed E-state index contributed by atoms with van der Waals surface area (Å²) < 4.78 is 0. The Hall–Kier alpha value is -0.413. The van der Waals surface area contributed by atoms with E-state index in [1.807, 2.05) is 0 Å². The molecule has 1 aliphatic carbocycles. The first kappa shape index (κ1) is 15.6. The average molecular weight is 268 g/mol. The molecule has 0 amide bonds. The molecule has 18 heavy (non-hydrogen) atoms. The van der Waals surface area contributed by atoms with Gasteiger partial charge < -0.3 is 5.11 Å². The van der Waals surface area contributed by atoms with Gasteiger partial charge in [0.1, 0.15) is 0 Å². The van der Waals surface area contributed by atoms with Crippen LogP contribution in [0.25, 0.3) is 0 Å². The lowest BCUT2D eigenvalue weighted by molar-refractivity contribution is -0.114. The number of carbonyl (C=O) groups is 1. The Kier molecular flexibility index (Phi) is 5.79. The molecule has 0 bridgehead atoms. The van der Waals surface area contributed by atoms with Gasteiger partial charge in [-0.25, -0.2) is 0 Å². The SMILES string of the molecule is CCCCCC(O)CC1=C([Si](C)(C)C)C(=O)CC1. The van der Waals surface area contributed by atoms with Gasteiger partial charge in [-0.1, -0.05) is 51.4 Å². The third-order valence-electron chi connectivity index (χ3n) is 3.66. The van der Waals surface area contributed by atoms with Crippen molar-refractivity contribution in [1.29, 1.82) is 0 Å². The minimum absolute atomic E-state index is 0.246. The van der Waals surface area contributed by atoms with Crippen molar-refractivity contribution < 1.29 is 9.90 Å². The maximum atomic E-state index is 12.0. The minimum atomic E-state index is -1.54. The van der Waals surface area contributed by atoms with E-state index in [0.717, 1.165) is 30.9 Å². The maximum Gasteiger partial charge on any atom is 0.155 e. The summed E-state index contributed by atoms with van der Waals surface area (Å²) in [5.74, 6) is 0.352. The molecule has 3 heteroatoms. The summed E-state index contributed by atoms with van der Waals surface area (Å²) in [5, 5.41) is 11.2. The Balaban J connectivity index is 2.63. The van der Waals surface area contributed by atoms with E-state index >= 15 is 0 Å². The number of rotatable bonds is 7. The zero-order valence-electron chi connectivity index (χ0n) is 12.4. The maximum absolute atomic E-state index is 12.0. The van der Waals surface area contributed by atoms with Gasteiger partial charge in [0.25, 0.3) is 0 Å². The van der Waals surface area contributed by atoms with E-state index in [9.17, 15) is 9.90 Å². The molecule has 2 nitrogen and oxygen atoms in total. The lowest BCUT2D eigenvalue weighted by Crippen LogP contribution is -2.28. The van der Waals surface area contributed by atoms with E-state index in [0.29, 0.717) is 12.2 Å². The molecule has 104 valence electrons. The first-order valence-corrected chi connectivity index (χ1v) is 10.8. The Bertz CT molecular complexity index is 326. The smallest absolute Gasteiger partial charge is 0.155 e. The molecule has 0 heterocycles. The van der Waals surface area contributed by atoms with Crippen LogP contribution in [0.3, 0.4) is 0 Å². The third-order valence-corrected chi connectivity index (χ3v) is 5.79. The Labute approximate surface area is 112 Å². The molecule has 0 aromatic heterocycles. The third kappa shape index (κ3) is 4.36. The van der Waals surface area contributed by atoms with Crippen molar-refractivity contribution in [2.75, 3.05) is 0 Å². The van der Waals surface area contributed by atoms with E-state index in [4.69, 9.17) is 0 Å². The predicted molar refractivity (Wildman–Crippen MR) is 79.4 cm³/mol. The summed E-state index contributed by atoms with van der Waals surface area (Å²) in [6, 6.07) is 0. The van der Waals surface area contributed by atoms with Crippen LogP contribution in [0.1, 0.15) is 51.9 Å². The Morgan fingerprint density at radius 3 is 2.44 bits per heavy atom. The van der Waals surface area contributed by atoms with Gasteiger partial charge in [-0.05, 0) is 24.5 Å². The van der Waals surface area contributed by atoms with Crippen molar-refractivity contribution in [3.63, 3.8) is 0 Å². The number of aliphatic hydroxyl groups is 1. The number of unbranched alkanes of at least 4 members (excludes halogenated alkanes) is 2. The van der Waals surface area contributed by atoms with E-state index in [1.165, 1.54) is 18.4 Å². The molecular weight excluding hydrogens is 240 g/mol. The van der Waals surface area contributed by atoms with Crippen LogP contribution in [0.4, 0.5) is 0 Å². The number of allylic oxidation sites excluding steroid dienone is 1. The number of hydrogen-bond donors (Lipinski definition) is 1. The second-order valence-corrected chi connectivity index (χ2v) is 11.5. The summed E-state index contributed by atoms with van der Waals surface area (Å²) in [6.07, 6.45) is 6.41. The van der Waals surface area contributed by atoms with Crippen LogP contribution in [-0.4, -0.2) is 25.1 Å². The molecule has 1 rings (SSSR count). The fraction of sp³-hybridized carbons (Fsp3) is 0.800. The number of Topliss-reactive ketones (excluding diaryl/α,β-unsaturated/α-hetero) is 1. The monoisotopic (exact) mass is 268 g/mol. The molecule has 0 fully saturated rings. The molecule has 1 N–H and O–H groups in total. The molecule has 1 atom stereocenters. The molecule has 0 spiro atoms. The standard InChI is InChI=1S/C15H28O2Si/c1-5-6-7-8-13(16)11-12-9-10-14(17)15(12)18(2,3)4/h13,16H,5-11H2,1-4H3. The normalized spacial score (nSPS) is 18.6. The van der Waals surface area contributed by atoms with Crippen molar-refractivity contribution in [1.82, 2.24) is 0 Å². The summed E-state index contributed by atoms with van der Waals surface area (Å²) in [5.41, 5.74) is 1.27. The predicted octanol–water partition coefficient (Wildman–Crippen LogP) is 3.85. The van der Waals surface area contributed by atoms with Crippen molar-refractivity contribution >= 4 is 13.9 Å². The molecule has 1 aliphatic rings. The van der Waals surface area contributed by atoms with Crippen molar-refractivity contribution in [3.05, 3.63) is 10.8 Å². The van der Waals surface area contributed by atoms with Gasteiger partial charge in [0.2, 0.25) is 0 Å². The molecule has 0 saturated carbocycles. The molecule has 0 aromatic rings. The fourth-order valence-corrected chi connectivity index (χ4v) is 5.13. The lowest BCUT2D eigenvalue weighted by Gasteiger charge is -2.20. The second kappa shape index (κ2) is 6.67. The fourth-order valence-electron chi connectivity index (χ4n) is 2.88. The summed E-state index contributed by atoms with van der Waals surface area (Å²) in [4.78, 5) is 12.0. The molecule has 0 radical (unpaired) electrons. The number of carbonyl (C=O) groups excluding carboxylic acids is 1. The largest absolute Gasteiger partial charge is 0.393 e. The van der Waals surface area contributed by atoms with Crippen molar-refractivity contribution in [2.45, 2.75) is 77.6 Å². The van der Waals surface area contributed by atoms with E-state index < -0.39 is 8.07 Å². The van der Waals surface area contributed by atoms with Crippen LogP contribution in [0.5, 0.6) is 0 Å². The Morgan fingerprint density at radius 1 is 1.22 bits per heavy atom. The number of aliphatic hydroxyl groups excluding tert-OH is 1. The highest BCUT2D eigenvalue weighted by Gasteiger charge is 2.33. The Morgan fingerprint density at radius 2 is 1.89 bits per heavy atom. The first-order chi connectivity index (χ1) is 8.36. The van der Waals surface area contributed by atoms with E-state index in [-0.39, 0.29) is 6.10 Å². The van der Waals surface area contributed by atoms with Crippen molar-refractivity contribution in [3.8, 4) is 0 Å². The molecule has 0 aliphatic heterocycles. The van der Waals surface area contributed by atoms with Gasteiger partial charge in [0, 0.05) is 6.42 Å². The van der Waals surface area contributed by atoms with Gasteiger partial charge in [-0.3, -0.25) is 4.79 Å². The highest BCUT2D eigenvalue weighted by atomic mass is 28.3. The molecular formula is C15H28O2Si. The minimum Gasteiger partial charge on any atom is -0.393 e. The van der Waals surface area contributed by atoms with Crippen LogP contribution in [0.15, 0.2) is 10.8 Å². The first-order valence-electron chi connectivity index (χ1n) is 7.30. The quantitative estimate of drug-likeness (QED) is 0.562. The van der Waals surface area contributed by atoms with Gasteiger partial charge in [-0.2, -0.15) is 0 Å². The van der Waals surface area contributed by atoms with Gasteiger partial charge >= 0.3 is 0 Å². The summed E-state index contributed by atoms with van der Waals surface area (Å²) in [7, 11) is -1.54. The van der Waals surface area contributed by atoms with Crippen molar-refractivity contribution in [2.24, 2.45) is 0 Å². The van der Waals surface area contributed by atoms with E-state index in [2.05, 4.69) is 26.6 Å².